The van der Waals surface area contributed by atoms with Crippen molar-refractivity contribution in [3.8, 4) is 0 Å². The lowest BCUT2D eigenvalue weighted by molar-refractivity contribution is 0.502. The summed E-state index contributed by atoms with van der Waals surface area (Å²) in [6, 6.07) is 0. The van der Waals surface area contributed by atoms with E-state index in [2.05, 4.69) is 39.8 Å². The highest BCUT2D eigenvalue weighted by Crippen LogP contribution is 2.11. The fourth-order valence-corrected chi connectivity index (χ4v) is 1.05. The molecule has 0 spiro atoms. The summed E-state index contributed by atoms with van der Waals surface area (Å²) in [7, 11) is 0. The molecule has 0 heteroatoms. The molecule has 0 aromatic carbocycles. The molecule has 0 saturated carbocycles. The predicted octanol–water partition coefficient (Wildman–Crippen LogP) is 4.42. The summed E-state index contributed by atoms with van der Waals surface area (Å²) >= 11 is 0. The summed E-state index contributed by atoms with van der Waals surface area (Å²) in [6.45, 7) is 9.10. The molecule has 0 aromatic heterocycles. The van der Waals surface area contributed by atoms with Crippen molar-refractivity contribution in [3.63, 3.8) is 0 Å². The van der Waals surface area contributed by atoms with Gasteiger partial charge < -0.3 is 0 Å². The molecule has 0 N–H and O–H groups in total. The van der Waals surface area contributed by atoms with E-state index >= 15 is 0 Å². The van der Waals surface area contributed by atoms with Gasteiger partial charge in [0.2, 0.25) is 0 Å². The first-order valence-corrected chi connectivity index (χ1v) is 5.35. The maximum Gasteiger partial charge on any atom is -0.0239 e. The second-order valence-electron chi connectivity index (χ2n) is 4.03. The molecule has 1 unspecified atom stereocenters. The van der Waals surface area contributed by atoms with Gasteiger partial charge in [-0.05, 0) is 24.7 Å². The Morgan fingerprint density at radius 3 is 2.25 bits per heavy atom. The van der Waals surface area contributed by atoms with Crippen LogP contribution in [0.15, 0.2) is 12.2 Å². The van der Waals surface area contributed by atoms with Gasteiger partial charge in [-0.25, -0.2) is 0 Å². The zero-order chi connectivity index (χ0) is 9.40. The van der Waals surface area contributed by atoms with Crippen molar-refractivity contribution in [3.05, 3.63) is 12.2 Å². The molecule has 0 nitrogen and oxygen atoms in total. The second kappa shape index (κ2) is 7.39. The van der Waals surface area contributed by atoms with E-state index in [0.29, 0.717) is 0 Å². The lowest BCUT2D eigenvalue weighted by atomic mass is 9.97. The van der Waals surface area contributed by atoms with Gasteiger partial charge >= 0.3 is 0 Å². The van der Waals surface area contributed by atoms with Crippen LogP contribution >= 0.6 is 0 Å². The molecule has 0 aliphatic carbocycles. The zero-order valence-electron chi connectivity index (χ0n) is 9.14. The first kappa shape index (κ1) is 11.7. The molecule has 12 heavy (non-hydrogen) atoms. The van der Waals surface area contributed by atoms with Gasteiger partial charge in [0, 0.05) is 0 Å². The Hall–Kier alpha value is -0.260. The van der Waals surface area contributed by atoms with E-state index in [4.69, 9.17) is 0 Å². The Bertz CT molecular complexity index is 111. The van der Waals surface area contributed by atoms with Crippen LogP contribution < -0.4 is 0 Å². The normalized spacial score (nSPS) is 14.4. The Labute approximate surface area is 78.1 Å². The fraction of sp³-hybridized carbons (Fsp3) is 0.833. The van der Waals surface area contributed by atoms with Crippen molar-refractivity contribution in [2.75, 3.05) is 0 Å². The maximum atomic E-state index is 2.36. The Kier molecular flexibility index (Phi) is 7.23. The second-order valence-corrected chi connectivity index (χ2v) is 4.03. The van der Waals surface area contributed by atoms with Crippen LogP contribution in [0.4, 0.5) is 0 Å². The van der Waals surface area contributed by atoms with Crippen molar-refractivity contribution in [2.45, 2.75) is 53.4 Å². The van der Waals surface area contributed by atoms with Gasteiger partial charge in [-0.15, -0.1) is 0 Å². The molecule has 0 radical (unpaired) electrons. The smallest absolute Gasteiger partial charge is 0.0239 e. The Morgan fingerprint density at radius 2 is 1.75 bits per heavy atom. The highest BCUT2D eigenvalue weighted by Gasteiger charge is 2.00. The molecule has 0 amide bonds. The van der Waals surface area contributed by atoms with Crippen LogP contribution in [0.2, 0.25) is 0 Å². The van der Waals surface area contributed by atoms with Gasteiger partial charge in [0.15, 0.2) is 0 Å². The Morgan fingerprint density at radius 1 is 1.08 bits per heavy atom. The number of rotatable bonds is 6. The predicted molar refractivity (Wildman–Crippen MR) is 57.3 cm³/mol. The van der Waals surface area contributed by atoms with Crippen LogP contribution in [-0.2, 0) is 0 Å². The third kappa shape index (κ3) is 6.45. The largest absolute Gasteiger partial charge is 0.0883 e. The topological polar surface area (TPSA) is 0 Å². The van der Waals surface area contributed by atoms with Crippen molar-refractivity contribution in [1.29, 1.82) is 0 Å². The quantitative estimate of drug-likeness (QED) is 0.407. The van der Waals surface area contributed by atoms with E-state index in [-0.39, 0.29) is 0 Å². The minimum Gasteiger partial charge on any atom is -0.0883 e. The summed E-state index contributed by atoms with van der Waals surface area (Å²) in [5.41, 5.74) is 0. The van der Waals surface area contributed by atoms with Gasteiger partial charge in [-0.1, -0.05) is 52.7 Å². The van der Waals surface area contributed by atoms with E-state index in [1.165, 1.54) is 25.7 Å². The minimum absolute atomic E-state index is 0.742. The number of allylic oxidation sites excluding steroid dienone is 2. The summed E-state index contributed by atoms with van der Waals surface area (Å²) in [5.74, 6) is 1.53. The monoisotopic (exact) mass is 168 g/mol. The first-order chi connectivity index (χ1) is 5.68. The van der Waals surface area contributed by atoms with Crippen LogP contribution in [0, 0.1) is 11.8 Å². The van der Waals surface area contributed by atoms with E-state index in [0.717, 1.165) is 11.8 Å². The average molecular weight is 168 g/mol. The number of unbranched alkanes of at least 4 members (excludes halogenated alkanes) is 3. The summed E-state index contributed by atoms with van der Waals surface area (Å²) in [5, 5.41) is 0. The average Bonchev–Trinajstić information content (AvgIpc) is 2.03. The fourth-order valence-electron chi connectivity index (χ4n) is 1.05. The van der Waals surface area contributed by atoms with Gasteiger partial charge in [0.05, 0.1) is 0 Å². The molecular weight excluding hydrogens is 144 g/mol. The lowest BCUT2D eigenvalue weighted by Crippen LogP contribution is -1.98. The van der Waals surface area contributed by atoms with Crippen LogP contribution in [0.3, 0.4) is 0 Å². The molecule has 0 aliphatic heterocycles. The van der Waals surface area contributed by atoms with Crippen molar-refractivity contribution < 1.29 is 0 Å². The Balaban J connectivity index is 3.35. The zero-order valence-corrected chi connectivity index (χ0v) is 9.14. The molecule has 0 saturated heterocycles. The molecular formula is C12H24. The summed E-state index contributed by atoms with van der Waals surface area (Å²) in [4.78, 5) is 0. The van der Waals surface area contributed by atoms with Gasteiger partial charge in [-0.3, -0.25) is 0 Å². The van der Waals surface area contributed by atoms with Gasteiger partial charge in [-0.2, -0.15) is 0 Å². The van der Waals surface area contributed by atoms with Crippen LogP contribution in [0.5, 0.6) is 0 Å². The first-order valence-electron chi connectivity index (χ1n) is 5.35. The summed E-state index contributed by atoms with van der Waals surface area (Å²) < 4.78 is 0. The van der Waals surface area contributed by atoms with E-state index in [1.54, 1.807) is 0 Å². The van der Waals surface area contributed by atoms with E-state index in [1.807, 2.05) is 0 Å². The third-order valence-corrected chi connectivity index (χ3v) is 2.47. The lowest BCUT2D eigenvalue weighted by Gasteiger charge is -2.09. The summed E-state index contributed by atoms with van der Waals surface area (Å²) in [6.07, 6.45) is 10.0. The van der Waals surface area contributed by atoms with Crippen LogP contribution in [-0.4, -0.2) is 0 Å². The van der Waals surface area contributed by atoms with Crippen molar-refractivity contribution >= 4 is 0 Å². The third-order valence-electron chi connectivity index (χ3n) is 2.47. The van der Waals surface area contributed by atoms with Gasteiger partial charge in [0.25, 0.3) is 0 Å². The minimum atomic E-state index is 0.742. The molecule has 0 aliphatic rings. The number of hydrogen-bond acceptors (Lipinski definition) is 0. The molecule has 0 bridgehead atoms. The van der Waals surface area contributed by atoms with E-state index in [9.17, 15) is 0 Å². The van der Waals surface area contributed by atoms with Gasteiger partial charge in [0.1, 0.15) is 0 Å². The van der Waals surface area contributed by atoms with Crippen molar-refractivity contribution in [2.24, 2.45) is 11.8 Å². The SMILES string of the molecule is CCCCCC=CC(C)C(C)C. The molecule has 72 valence electrons. The molecule has 0 fully saturated rings. The maximum absolute atomic E-state index is 2.36. The standard InChI is InChI=1S/C12H24/c1-5-6-7-8-9-10-12(4)11(2)3/h9-12H,5-8H2,1-4H3. The van der Waals surface area contributed by atoms with Crippen LogP contribution in [0.1, 0.15) is 53.4 Å². The molecule has 0 rings (SSSR count). The molecule has 1 atom stereocenters. The van der Waals surface area contributed by atoms with Crippen molar-refractivity contribution in [1.82, 2.24) is 0 Å². The molecule has 0 heterocycles. The highest BCUT2D eigenvalue weighted by molar-refractivity contribution is 4.87. The van der Waals surface area contributed by atoms with Crippen LogP contribution in [0.25, 0.3) is 0 Å². The number of hydrogen-bond donors (Lipinski definition) is 0. The van der Waals surface area contributed by atoms with E-state index < -0.39 is 0 Å². The highest BCUT2D eigenvalue weighted by atomic mass is 14.1. The molecule has 0 aromatic rings.